The molecular weight excluding hydrogens is 867 g/mol. The third-order valence-corrected chi connectivity index (χ3v) is 14.3. The summed E-state index contributed by atoms with van der Waals surface area (Å²) in [6.07, 6.45) is 0. The van der Waals surface area contributed by atoms with Crippen molar-refractivity contribution in [2.45, 2.75) is 0 Å². The van der Waals surface area contributed by atoms with Gasteiger partial charge in [0.1, 0.15) is 11.2 Å². The summed E-state index contributed by atoms with van der Waals surface area (Å²) in [5.41, 5.74) is 12.8. The van der Waals surface area contributed by atoms with E-state index in [1.54, 1.807) is 0 Å². The van der Waals surface area contributed by atoms with Crippen LogP contribution in [0, 0.1) is 0 Å². The molecule has 0 radical (unpaired) electrons. The lowest BCUT2D eigenvalue weighted by Crippen LogP contribution is -2.05. The van der Waals surface area contributed by atoms with Gasteiger partial charge in [-0.2, -0.15) is 0 Å². The molecule has 0 aliphatic carbocycles. The summed E-state index contributed by atoms with van der Waals surface area (Å²) in [7, 11) is 0. The van der Waals surface area contributed by atoms with Crippen molar-refractivity contribution >= 4 is 87.1 Å². The number of nitrogens with zero attached hydrogens (tertiary/aromatic N) is 5. The smallest absolute Gasteiger partial charge is 0.166 e. The molecule has 11 aromatic carbocycles. The zero-order chi connectivity index (χ0) is 46.6. The molecule has 4 heterocycles. The van der Waals surface area contributed by atoms with Gasteiger partial charge >= 0.3 is 0 Å². The molecule has 0 amide bonds. The van der Waals surface area contributed by atoms with Gasteiger partial charge in [0.25, 0.3) is 0 Å². The molecule has 0 unspecified atom stereocenters. The Bertz CT molecular complexity index is 4620. The van der Waals surface area contributed by atoms with Crippen LogP contribution < -0.4 is 0 Å². The van der Waals surface area contributed by atoms with Crippen LogP contribution in [0.5, 0.6) is 0 Å². The summed E-state index contributed by atoms with van der Waals surface area (Å²) >= 11 is 0. The highest BCUT2D eigenvalue weighted by Gasteiger charge is 2.25. The molecule has 330 valence electrons. The second kappa shape index (κ2) is 15.4. The van der Waals surface area contributed by atoms with Crippen molar-refractivity contribution in [3.05, 3.63) is 237 Å². The lowest BCUT2D eigenvalue weighted by molar-refractivity contribution is 0.669. The van der Waals surface area contributed by atoms with E-state index in [1.807, 2.05) is 18.2 Å². The fraction of sp³-hybridized carbons (Fsp3) is 0. The van der Waals surface area contributed by atoms with Crippen molar-refractivity contribution in [1.82, 2.24) is 24.1 Å². The van der Waals surface area contributed by atoms with E-state index in [-0.39, 0.29) is 0 Å². The van der Waals surface area contributed by atoms with Crippen LogP contribution in [-0.2, 0) is 0 Å². The minimum Gasteiger partial charge on any atom is -0.456 e. The van der Waals surface area contributed by atoms with Crippen molar-refractivity contribution in [2.24, 2.45) is 0 Å². The van der Waals surface area contributed by atoms with E-state index in [0.29, 0.717) is 17.5 Å². The predicted octanol–water partition coefficient (Wildman–Crippen LogP) is 16.9. The summed E-state index contributed by atoms with van der Waals surface area (Å²) in [6.45, 7) is 0. The molecule has 15 aromatic rings. The lowest BCUT2D eigenvalue weighted by atomic mass is 10.0. The number of hydrogen-bond donors (Lipinski definition) is 0. The van der Waals surface area contributed by atoms with Gasteiger partial charge in [0, 0.05) is 60.1 Å². The molecule has 71 heavy (non-hydrogen) atoms. The highest BCUT2D eigenvalue weighted by molar-refractivity contribution is 6.21. The monoisotopic (exact) mass is 905 g/mol. The third kappa shape index (κ3) is 6.11. The van der Waals surface area contributed by atoms with Crippen molar-refractivity contribution in [1.29, 1.82) is 0 Å². The largest absolute Gasteiger partial charge is 0.456 e. The second-order valence-corrected chi connectivity index (χ2v) is 18.3. The molecule has 0 fully saturated rings. The van der Waals surface area contributed by atoms with Crippen LogP contribution in [0.1, 0.15) is 0 Å². The highest BCUT2D eigenvalue weighted by atomic mass is 16.3. The maximum atomic E-state index is 6.75. The van der Waals surface area contributed by atoms with Crippen molar-refractivity contribution in [2.75, 3.05) is 0 Å². The lowest BCUT2D eigenvalue weighted by Gasteiger charge is -2.16. The minimum absolute atomic E-state index is 0.532. The van der Waals surface area contributed by atoms with Crippen LogP contribution in [-0.4, -0.2) is 24.1 Å². The van der Waals surface area contributed by atoms with Crippen LogP contribution in [0.15, 0.2) is 241 Å². The van der Waals surface area contributed by atoms with Gasteiger partial charge in [-0.05, 0) is 81.9 Å². The van der Waals surface area contributed by atoms with Crippen LogP contribution in [0.3, 0.4) is 0 Å². The standard InChI is InChI=1S/C65H39N5O/c1-3-16-40(17-4-1)41-30-32-43(33-31-41)63-66-64(52-27-15-26-50-48-24-11-13-28-56(48)69(62(50)52)46-21-5-2-6-22-46)68-65(67-63)55-39-60-54(49-25-12-14-29-59(49)71-60)38-58(55)70-57-37-45-20-8-7-19-44(45)36-53(57)51-35-34-42-18-9-10-23-47(42)61(51)70/h1-39H. The molecule has 0 atom stereocenters. The molecule has 15 rings (SSSR count). The molecule has 0 spiro atoms. The molecule has 6 heteroatoms. The first-order chi connectivity index (χ1) is 35.2. The summed E-state index contributed by atoms with van der Waals surface area (Å²) < 4.78 is 11.5. The van der Waals surface area contributed by atoms with E-state index in [9.17, 15) is 0 Å². The maximum absolute atomic E-state index is 6.75. The number of furan rings is 1. The molecule has 0 aliphatic rings. The van der Waals surface area contributed by atoms with Crippen LogP contribution >= 0.6 is 0 Å². The highest BCUT2D eigenvalue weighted by Crippen LogP contribution is 2.44. The van der Waals surface area contributed by atoms with Gasteiger partial charge in [-0.1, -0.05) is 182 Å². The normalized spacial score (nSPS) is 11.9. The second-order valence-electron chi connectivity index (χ2n) is 18.3. The minimum atomic E-state index is 0.532. The number of rotatable bonds is 6. The van der Waals surface area contributed by atoms with E-state index in [0.717, 1.165) is 110 Å². The Morgan fingerprint density at radius 2 is 0.901 bits per heavy atom. The number of benzene rings is 11. The molecule has 0 aliphatic heterocycles. The van der Waals surface area contributed by atoms with E-state index in [2.05, 4.69) is 228 Å². The molecule has 0 N–H and O–H groups in total. The summed E-state index contributed by atoms with van der Waals surface area (Å²) in [4.78, 5) is 16.6. The van der Waals surface area contributed by atoms with Crippen LogP contribution in [0.25, 0.3) is 144 Å². The van der Waals surface area contributed by atoms with Crippen LogP contribution in [0.4, 0.5) is 0 Å². The Labute approximate surface area is 407 Å². The zero-order valence-corrected chi connectivity index (χ0v) is 38.2. The quantitative estimate of drug-likeness (QED) is 0.167. The van der Waals surface area contributed by atoms with Crippen molar-refractivity contribution in [3.63, 3.8) is 0 Å². The van der Waals surface area contributed by atoms with Crippen molar-refractivity contribution in [3.8, 4) is 56.7 Å². The first-order valence-corrected chi connectivity index (χ1v) is 24.0. The molecule has 0 bridgehead atoms. The average molecular weight is 906 g/mol. The molecule has 0 saturated heterocycles. The van der Waals surface area contributed by atoms with Gasteiger partial charge in [0.2, 0.25) is 0 Å². The Hall–Kier alpha value is -9.65. The number of fused-ring (bicyclic) bond motifs is 12. The Balaban J connectivity index is 1.08. The number of aromatic nitrogens is 5. The number of hydrogen-bond acceptors (Lipinski definition) is 4. The van der Waals surface area contributed by atoms with Gasteiger partial charge in [-0.25, -0.2) is 15.0 Å². The molecule has 4 aromatic heterocycles. The van der Waals surface area contributed by atoms with Gasteiger partial charge in [-0.3, -0.25) is 0 Å². The first kappa shape index (κ1) is 39.4. The number of para-hydroxylation sites is 4. The SMILES string of the molecule is c1ccc(-c2ccc(-c3nc(-c4cc5oc6ccccc6c5cc4-n4c5cc6ccccc6cc5c5ccc6ccccc6c54)nc(-c4cccc5c6ccccc6n(-c6ccccc6)c45)n3)cc2)cc1. The van der Waals surface area contributed by atoms with Gasteiger partial charge in [-0.15, -0.1) is 0 Å². The fourth-order valence-electron chi connectivity index (χ4n) is 11.1. The van der Waals surface area contributed by atoms with Crippen molar-refractivity contribution < 1.29 is 4.42 Å². The van der Waals surface area contributed by atoms with E-state index < -0.39 is 0 Å². The maximum Gasteiger partial charge on any atom is 0.166 e. The van der Waals surface area contributed by atoms with E-state index in [1.165, 1.54) is 16.2 Å². The van der Waals surface area contributed by atoms with Gasteiger partial charge < -0.3 is 13.6 Å². The Morgan fingerprint density at radius 3 is 1.72 bits per heavy atom. The Morgan fingerprint density at radius 1 is 0.296 bits per heavy atom. The summed E-state index contributed by atoms with van der Waals surface area (Å²) in [6, 6.07) is 83.9. The summed E-state index contributed by atoms with van der Waals surface area (Å²) in [5.74, 6) is 1.67. The first-order valence-electron chi connectivity index (χ1n) is 24.0. The average Bonchev–Trinajstić information content (AvgIpc) is 4.10. The molecule has 6 nitrogen and oxygen atoms in total. The topological polar surface area (TPSA) is 61.7 Å². The zero-order valence-electron chi connectivity index (χ0n) is 38.2. The summed E-state index contributed by atoms with van der Waals surface area (Å²) in [5, 5.41) is 11.3. The Kier molecular flexibility index (Phi) is 8.56. The molecular formula is C65H39N5O. The fourth-order valence-corrected chi connectivity index (χ4v) is 11.1. The van der Waals surface area contributed by atoms with Gasteiger partial charge in [0.05, 0.1) is 27.8 Å². The van der Waals surface area contributed by atoms with Gasteiger partial charge in [0.15, 0.2) is 17.5 Å². The van der Waals surface area contributed by atoms with E-state index in [4.69, 9.17) is 19.4 Å². The van der Waals surface area contributed by atoms with Crippen LogP contribution in [0.2, 0.25) is 0 Å². The predicted molar refractivity (Wildman–Crippen MR) is 293 cm³/mol. The third-order valence-electron chi connectivity index (χ3n) is 14.3. The van der Waals surface area contributed by atoms with E-state index >= 15 is 0 Å². The molecule has 0 saturated carbocycles.